The summed E-state index contributed by atoms with van der Waals surface area (Å²) in [5.41, 5.74) is 0.729. The number of hydrogen-bond donors (Lipinski definition) is 3. The first kappa shape index (κ1) is 26.1. The van der Waals surface area contributed by atoms with Crippen LogP contribution in [-0.2, 0) is 40.0 Å². The van der Waals surface area contributed by atoms with Gasteiger partial charge in [0, 0.05) is 12.0 Å². The van der Waals surface area contributed by atoms with Crippen molar-refractivity contribution in [2.75, 3.05) is 13.7 Å². The van der Waals surface area contributed by atoms with E-state index in [0.717, 1.165) is 18.4 Å². The predicted octanol–water partition coefficient (Wildman–Crippen LogP) is 1.19. The highest BCUT2D eigenvalue weighted by molar-refractivity contribution is 5.92. The number of fused-ring (bicyclic) bond motifs is 1. The maximum absolute atomic E-state index is 12.7. The molecule has 0 spiro atoms. The molecule has 0 bridgehead atoms. The Morgan fingerprint density at radius 1 is 1.17 bits per heavy atom. The second-order valence-corrected chi connectivity index (χ2v) is 8.72. The van der Waals surface area contributed by atoms with Gasteiger partial charge in [-0.05, 0) is 24.3 Å². The maximum atomic E-state index is 12.7. The number of aliphatic carboxylic acids is 1. The van der Waals surface area contributed by atoms with Crippen LogP contribution in [0.3, 0.4) is 0 Å². The number of hydrogen-bond acceptors (Lipinski definition) is 8. The van der Waals surface area contributed by atoms with Crippen molar-refractivity contribution >= 4 is 29.7 Å². The molecule has 2 fully saturated rings. The zero-order valence-corrected chi connectivity index (χ0v) is 19.4. The lowest BCUT2D eigenvalue weighted by molar-refractivity contribution is -0.143. The number of amides is 2. The van der Waals surface area contributed by atoms with Gasteiger partial charge in [0.2, 0.25) is 5.91 Å². The van der Waals surface area contributed by atoms with Gasteiger partial charge in [-0.15, -0.1) is 0 Å². The third kappa shape index (κ3) is 7.25. The molecule has 1 saturated carbocycles. The Morgan fingerprint density at radius 2 is 1.91 bits per heavy atom. The normalized spacial score (nSPS) is 24.0. The summed E-state index contributed by atoms with van der Waals surface area (Å²) in [6.45, 7) is -0.602. The molecule has 1 aromatic rings. The molecule has 5 unspecified atom stereocenters. The van der Waals surface area contributed by atoms with Gasteiger partial charge in [-0.2, -0.15) is 0 Å². The van der Waals surface area contributed by atoms with Gasteiger partial charge >= 0.3 is 18.0 Å². The zero-order chi connectivity index (χ0) is 25.4. The highest BCUT2D eigenvalue weighted by Gasteiger charge is 2.48. The molecular weight excluding hydrogens is 460 g/mol. The minimum Gasteiger partial charge on any atom is -0.481 e. The molecule has 1 aliphatic carbocycles. The van der Waals surface area contributed by atoms with Crippen LogP contribution in [0.25, 0.3) is 0 Å². The van der Waals surface area contributed by atoms with Crippen molar-refractivity contribution < 1.29 is 43.3 Å². The standard InChI is InChI=1S/C24H30N2O9/c1-33-20(30)10-15-8-5-9-16-21(15)26-23(31)22(16)34-13-18(27)17(11-19(28)29)25-24(32)35-12-14-6-3-2-4-7-14/h2-4,6-7,15-17,21-22H,5,8-13H2,1H3,(H,25,32)(H,26,31)(H,28,29). The van der Waals surface area contributed by atoms with Crippen molar-refractivity contribution in [2.45, 2.75) is 56.9 Å². The van der Waals surface area contributed by atoms with Crippen LogP contribution in [0.1, 0.15) is 37.7 Å². The lowest BCUT2D eigenvalue weighted by Gasteiger charge is -2.33. The van der Waals surface area contributed by atoms with E-state index in [0.29, 0.717) is 6.42 Å². The molecule has 0 radical (unpaired) electrons. The Morgan fingerprint density at radius 3 is 2.60 bits per heavy atom. The van der Waals surface area contributed by atoms with Gasteiger partial charge in [0.05, 0.1) is 20.0 Å². The minimum atomic E-state index is -1.38. The van der Waals surface area contributed by atoms with Crippen molar-refractivity contribution in [2.24, 2.45) is 11.8 Å². The van der Waals surface area contributed by atoms with Gasteiger partial charge in [-0.1, -0.05) is 36.8 Å². The van der Waals surface area contributed by atoms with Crippen LogP contribution < -0.4 is 10.6 Å². The summed E-state index contributed by atoms with van der Waals surface area (Å²) in [6.07, 6.45) is -0.0842. The molecule has 1 aliphatic heterocycles. The number of ketones is 1. The number of carboxylic acid groups (broad SMARTS) is 1. The molecule has 11 nitrogen and oxygen atoms in total. The number of carbonyl (C=O) groups excluding carboxylic acids is 4. The van der Waals surface area contributed by atoms with Gasteiger partial charge in [0.15, 0.2) is 5.78 Å². The van der Waals surface area contributed by atoms with Crippen LogP contribution in [0.4, 0.5) is 4.79 Å². The number of rotatable bonds is 11. The number of Topliss-reactive ketones (excluding diaryl/α,β-unsaturated/α-hetero) is 1. The lowest BCUT2D eigenvalue weighted by Crippen LogP contribution is -2.45. The van der Waals surface area contributed by atoms with Crippen LogP contribution in [-0.4, -0.2) is 66.7 Å². The monoisotopic (exact) mass is 490 g/mol. The molecule has 1 aromatic carbocycles. The predicted molar refractivity (Wildman–Crippen MR) is 120 cm³/mol. The number of nitrogens with one attached hydrogen (secondary N) is 2. The smallest absolute Gasteiger partial charge is 0.408 e. The number of methoxy groups -OCH3 is 1. The van der Waals surface area contributed by atoms with Crippen molar-refractivity contribution in [3.8, 4) is 0 Å². The maximum Gasteiger partial charge on any atom is 0.408 e. The zero-order valence-electron chi connectivity index (χ0n) is 19.4. The van der Waals surface area contributed by atoms with E-state index in [9.17, 15) is 24.0 Å². The van der Waals surface area contributed by atoms with Crippen LogP contribution in [0.15, 0.2) is 30.3 Å². The average molecular weight is 491 g/mol. The second kappa shape index (κ2) is 12.3. The Hall–Kier alpha value is -3.47. The fraction of sp³-hybridized carbons (Fsp3) is 0.542. The number of benzene rings is 1. The molecule has 1 heterocycles. The summed E-state index contributed by atoms with van der Waals surface area (Å²) in [5.74, 6) is -3.03. The number of carbonyl (C=O) groups is 5. The van der Waals surface area contributed by atoms with Crippen LogP contribution >= 0.6 is 0 Å². The molecular formula is C24H30N2O9. The molecule has 190 valence electrons. The molecule has 3 rings (SSSR count). The SMILES string of the molecule is COC(=O)CC1CCCC2C(OCC(=O)C(CC(=O)O)NC(=O)OCc3ccccc3)C(=O)NC12. The molecule has 11 heteroatoms. The fourth-order valence-corrected chi connectivity index (χ4v) is 4.66. The first-order valence-electron chi connectivity index (χ1n) is 11.5. The van der Waals surface area contributed by atoms with Gasteiger partial charge in [-0.25, -0.2) is 4.79 Å². The molecule has 5 atom stereocenters. The Labute approximate surface area is 202 Å². The van der Waals surface area contributed by atoms with Gasteiger partial charge in [0.25, 0.3) is 0 Å². The van der Waals surface area contributed by atoms with Crippen LogP contribution in [0, 0.1) is 11.8 Å². The van der Waals surface area contributed by atoms with Crippen molar-refractivity contribution in [3.05, 3.63) is 35.9 Å². The van der Waals surface area contributed by atoms with E-state index in [-0.39, 0.29) is 42.8 Å². The Bertz CT molecular complexity index is 936. The van der Waals surface area contributed by atoms with E-state index in [1.54, 1.807) is 24.3 Å². The van der Waals surface area contributed by atoms with Crippen LogP contribution in [0.2, 0.25) is 0 Å². The third-order valence-electron chi connectivity index (χ3n) is 6.37. The highest BCUT2D eigenvalue weighted by Crippen LogP contribution is 2.38. The summed E-state index contributed by atoms with van der Waals surface area (Å²) >= 11 is 0. The molecule has 3 N–H and O–H groups in total. The van der Waals surface area contributed by atoms with Crippen LogP contribution in [0.5, 0.6) is 0 Å². The first-order chi connectivity index (χ1) is 16.8. The molecule has 0 aromatic heterocycles. The summed E-state index contributed by atoms with van der Waals surface area (Å²) in [5, 5.41) is 14.3. The number of ether oxygens (including phenoxy) is 3. The van der Waals surface area contributed by atoms with Gasteiger partial charge < -0.3 is 30.0 Å². The average Bonchev–Trinajstić information content (AvgIpc) is 3.17. The second-order valence-electron chi connectivity index (χ2n) is 8.72. The molecule has 2 amide bonds. The van der Waals surface area contributed by atoms with E-state index in [1.165, 1.54) is 7.11 Å². The van der Waals surface area contributed by atoms with Crippen molar-refractivity contribution in [3.63, 3.8) is 0 Å². The Kier molecular flexibility index (Phi) is 9.18. The van der Waals surface area contributed by atoms with E-state index in [4.69, 9.17) is 19.3 Å². The number of esters is 1. The number of carboxylic acids is 1. The Balaban J connectivity index is 1.55. The summed E-state index contributed by atoms with van der Waals surface area (Å²) < 4.78 is 15.5. The van der Waals surface area contributed by atoms with Crippen molar-refractivity contribution in [1.82, 2.24) is 10.6 Å². The van der Waals surface area contributed by atoms with Gasteiger partial charge in [0.1, 0.15) is 25.4 Å². The molecule has 2 aliphatic rings. The van der Waals surface area contributed by atoms with E-state index in [2.05, 4.69) is 10.6 Å². The quantitative estimate of drug-likeness (QED) is 0.388. The third-order valence-corrected chi connectivity index (χ3v) is 6.37. The van der Waals surface area contributed by atoms with E-state index in [1.807, 2.05) is 6.07 Å². The largest absolute Gasteiger partial charge is 0.481 e. The first-order valence-corrected chi connectivity index (χ1v) is 11.5. The summed E-state index contributed by atoms with van der Waals surface area (Å²) in [7, 11) is 1.31. The fourth-order valence-electron chi connectivity index (χ4n) is 4.66. The van der Waals surface area contributed by atoms with E-state index >= 15 is 0 Å². The minimum absolute atomic E-state index is 0.0464. The molecule has 35 heavy (non-hydrogen) atoms. The van der Waals surface area contributed by atoms with E-state index < -0.39 is 43.0 Å². The topological polar surface area (TPSA) is 157 Å². The lowest BCUT2D eigenvalue weighted by atomic mass is 9.75. The highest BCUT2D eigenvalue weighted by atomic mass is 16.5. The van der Waals surface area contributed by atoms with Gasteiger partial charge in [-0.3, -0.25) is 19.2 Å². The summed E-state index contributed by atoms with van der Waals surface area (Å²) in [6, 6.07) is 7.22. The number of alkyl carbamates (subject to hydrolysis) is 1. The van der Waals surface area contributed by atoms with Crippen molar-refractivity contribution in [1.29, 1.82) is 0 Å². The molecule has 1 saturated heterocycles. The summed E-state index contributed by atoms with van der Waals surface area (Å²) in [4.78, 5) is 60.4.